The van der Waals surface area contributed by atoms with Crippen LogP contribution in [0.3, 0.4) is 0 Å². The quantitative estimate of drug-likeness (QED) is 0.670. The van der Waals surface area contributed by atoms with E-state index in [1.807, 2.05) is 11.8 Å². The predicted molar refractivity (Wildman–Crippen MR) is 123 cm³/mol. The van der Waals surface area contributed by atoms with Crippen LogP contribution in [0.25, 0.3) is 0 Å². The average Bonchev–Trinajstić information content (AvgIpc) is 2.76. The van der Waals surface area contributed by atoms with E-state index in [1.165, 1.54) is 31.4 Å². The molecule has 2 N–H and O–H groups in total. The molecule has 2 aromatic rings. The number of ether oxygens (including phenoxy) is 1. The molecule has 4 aliphatic rings. The summed E-state index contributed by atoms with van der Waals surface area (Å²) in [6, 6.07) is 11.6. The second kappa shape index (κ2) is 8.47. The summed E-state index contributed by atoms with van der Waals surface area (Å²) >= 11 is 0. The van der Waals surface area contributed by atoms with Crippen LogP contribution in [0, 0.1) is 30.5 Å². The normalized spacial score (nSPS) is 27.4. The average molecular weight is 451 g/mol. The fourth-order valence-electron chi connectivity index (χ4n) is 6.86. The summed E-state index contributed by atoms with van der Waals surface area (Å²) in [6.07, 6.45) is 6.92. The first-order chi connectivity index (χ1) is 15.8. The molecule has 6 heteroatoms. The summed E-state index contributed by atoms with van der Waals surface area (Å²) in [5, 5.41) is 0. The van der Waals surface area contributed by atoms with Crippen molar-refractivity contribution in [3.8, 4) is 5.75 Å². The van der Waals surface area contributed by atoms with E-state index in [-0.39, 0.29) is 29.4 Å². The van der Waals surface area contributed by atoms with Gasteiger partial charge < -0.3 is 15.4 Å². The van der Waals surface area contributed by atoms with Crippen LogP contribution >= 0.6 is 0 Å². The predicted octanol–water partition coefficient (Wildman–Crippen LogP) is 4.61. The number of hydrogen-bond donors (Lipinski definition) is 1. The first-order valence-electron chi connectivity index (χ1n) is 11.9. The van der Waals surface area contributed by atoms with Crippen molar-refractivity contribution in [2.75, 3.05) is 6.61 Å². The van der Waals surface area contributed by atoms with Gasteiger partial charge in [-0.2, -0.15) is 0 Å². The lowest BCUT2D eigenvalue weighted by atomic mass is 9.52. The van der Waals surface area contributed by atoms with Crippen molar-refractivity contribution in [1.82, 2.24) is 4.90 Å². The molecular weight excluding hydrogens is 419 g/mol. The van der Waals surface area contributed by atoms with E-state index in [4.69, 9.17) is 10.5 Å². The number of amides is 2. The van der Waals surface area contributed by atoms with Gasteiger partial charge in [-0.1, -0.05) is 18.2 Å². The van der Waals surface area contributed by atoms with Crippen LogP contribution < -0.4 is 10.5 Å². The molecule has 0 aromatic heterocycles. The molecule has 0 aliphatic heterocycles. The number of hydrogen-bond acceptors (Lipinski definition) is 3. The number of primary amides is 1. The maximum Gasteiger partial charge on any atom is 0.261 e. The van der Waals surface area contributed by atoms with Gasteiger partial charge in [-0.3, -0.25) is 9.59 Å². The Morgan fingerprint density at radius 2 is 1.64 bits per heavy atom. The molecule has 4 bridgehead atoms. The molecule has 4 saturated carbocycles. The number of aryl methyl sites for hydroxylation is 1. The van der Waals surface area contributed by atoms with Crippen LogP contribution in [0.5, 0.6) is 5.75 Å². The van der Waals surface area contributed by atoms with Crippen molar-refractivity contribution in [3.05, 3.63) is 65.0 Å². The third kappa shape index (κ3) is 4.35. The molecule has 0 unspecified atom stereocenters. The Kier molecular flexibility index (Phi) is 5.63. The van der Waals surface area contributed by atoms with Gasteiger partial charge in [0.2, 0.25) is 0 Å². The maximum atomic E-state index is 13.7. The monoisotopic (exact) mass is 450 g/mol. The molecule has 174 valence electrons. The molecule has 4 fully saturated rings. The van der Waals surface area contributed by atoms with Gasteiger partial charge in [0, 0.05) is 12.1 Å². The lowest BCUT2D eigenvalue weighted by Crippen LogP contribution is -2.61. The van der Waals surface area contributed by atoms with E-state index >= 15 is 0 Å². The lowest BCUT2D eigenvalue weighted by molar-refractivity contribution is -0.154. The Balaban J connectivity index is 1.41. The van der Waals surface area contributed by atoms with Crippen LogP contribution in [-0.4, -0.2) is 28.9 Å². The van der Waals surface area contributed by atoms with Crippen molar-refractivity contribution in [3.63, 3.8) is 0 Å². The van der Waals surface area contributed by atoms with Crippen LogP contribution in [0.4, 0.5) is 4.39 Å². The van der Waals surface area contributed by atoms with Crippen LogP contribution in [0.15, 0.2) is 42.5 Å². The molecule has 6 rings (SSSR count). The minimum absolute atomic E-state index is 0.0989. The number of halogens is 1. The lowest BCUT2D eigenvalue weighted by Gasteiger charge is -2.60. The van der Waals surface area contributed by atoms with Gasteiger partial charge in [-0.05, 0) is 98.6 Å². The molecule has 2 aromatic carbocycles. The number of rotatable bonds is 7. The fraction of sp³-hybridized carbons (Fsp3) is 0.481. The number of nitrogens with zero attached hydrogens (tertiary/aromatic N) is 1. The molecule has 0 atom stereocenters. The van der Waals surface area contributed by atoms with Gasteiger partial charge in [0.25, 0.3) is 11.8 Å². The van der Waals surface area contributed by atoms with Crippen LogP contribution in [0.1, 0.15) is 60.0 Å². The minimum atomic E-state index is -0.582. The number of nitrogens with two attached hydrogens (primary N) is 1. The van der Waals surface area contributed by atoms with Crippen molar-refractivity contribution in [2.24, 2.45) is 23.5 Å². The zero-order valence-corrected chi connectivity index (χ0v) is 19.1. The topological polar surface area (TPSA) is 72.6 Å². The largest absolute Gasteiger partial charge is 0.483 e. The molecule has 5 nitrogen and oxygen atoms in total. The van der Waals surface area contributed by atoms with E-state index in [0.717, 1.165) is 30.4 Å². The Morgan fingerprint density at radius 3 is 2.21 bits per heavy atom. The third-order valence-electron chi connectivity index (χ3n) is 7.89. The van der Waals surface area contributed by atoms with Gasteiger partial charge in [-0.25, -0.2) is 4.39 Å². The highest BCUT2D eigenvalue weighted by molar-refractivity contribution is 5.95. The molecule has 0 saturated heterocycles. The highest BCUT2D eigenvalue weighted by Gasteiger charge is 2.54. The summed E-state index contributed by atoms with van der Waals surface area (Å²) < 4.78 is 19.4. The Morgan fingerprint density at radius 1 is 1.03 bits per heavy atom. The third-order valence-corrected chi connectivity index (χ3v) is 7.89. The van der Waals surface area contributed by atoms with Crippen molar-refractivity contribution < 1.29 is 18.7 Å². The summed E-state index contributed by atoms with van der Waals surface area (Å²) in [6.45, 7) is 2.17. The van der Waals surface area contributed by atoms with Gasteiger partial charge in [0.15, 0.2) is 6.61 Å². The standard InChI is InChI=1S/C27H31FN2O3/c1-17-2-7-23(26(29)32)24(8-17)33-16-25(31)30(15-18-3-5-22(28)6-4-18)27-12-19-9-20(13-27)11-21(10-19)14-27/h2-8,19-21H,9-16H2,1H3,(H2,29,32). The Labute approximate surface area is 194 Å². The molecule has 2 amide bonds. The van der Waals surface area contributed by atoms with Crippen molar-refractivity contribution in [2.45, 2.75) is 57.5 Å². The van der Waals surface area contributed by atoms with Crippen LogP contribution in [0.2, 0.25) is 0 Å². The maximum absolute atomic E-state index is 13.7. The van der Waals surface area contributed by atoms with E-state index in [2.05, 4.69) is 0 Å². The number of benzene rings is 2. The number of carbonyl (C=O) groups excluding carboxylic acids is 2. The van der Waals surface area contributed by atoms with Crippen LogP contribution in [-0.2, 0) is 11.3 Å². The summed E-state index contributed by atoms with van der Waals surface area (Å²) in [7, 11) is 0. The Hall–Kier alpha value is -2.89. The highest BCUT2D eigenvalue weighted by Crippen LogP contribution is 2.58. The molecular formula is C27H31FN2O3. The molecule has 0 radical (unpaired) electrons. The fourth-order valence-corrected chi connectivity index (χ4v) is 6.86. The van der Waals surface area contributed by atoms with Gasteiger partial charge in [0.05, 0.1) is 5.56 Å². The molecule has 0 heterocycles. The van der Waals surface area contributed by atoms with Gasteiger partial charge >= 0.3 is 0 Å². The van der Waals surface area contributed by atoms with Crippen molar-refractivity contribution in [1.29, 1.82) is 0 Å². The highest BCUT2D eigenvalue weighted by atomic mass is 19.1. The second-order valence-corrected chi connectivity index (χ2v) is 10.4. The summed E-state index contributed by atoms with van der Waals surface area (Å²) in [5.41, 5.74) is 7.44. The first-order valence-corrected chi connectivity index (χ1v) is 11.9. The van der Waals surface area contributed by atoms with E-state index in [0.29, 0.717) is 30.0 Å². The van der Waals surface area contributed by atoms with E-state index < -0.39 is 5.91 Å². The minimum Gasteiger partial charge on any atom is -0.483 e. The summed E-state index contributed by atoms with van der Waals surface area (Å²) in [5.74, 6) is 1.41. The second-order valence-electron chi connectivity index (χ2n) is 10.4. The van der Waals surface area contributed by atoms with Crippen molar-refractivity contribution >= 4 is 11.8 Å². The molecule has 0 spiro atoms. The molecule has 33 heavy (non-hydrogen) atoms. The van der Waals surface area contributed by atoms with E-state index in [9.17, 15) is 14.0 Å². The smallest absolute Gasteiger partial charge is 0.261 e. The zero-order valence-electron chi connectivity index (χ0n) is 19.1. The van der Waals surface area contributed by atoms with Gasteiger partial charge in [-0.15, -0.1) is 0 Å². The number of carbonyl (C=O) groups is 2. The first kappa shape index (κ1) is 21.9. The summed E-state index contributed by atoms with van der Waals surface area (Å²) in [4.78, 5) is 27.5. The molecule has 4 aliphatic carbocycles. The Bertz CT molecular complexity index is 1030. The zero-order chi connectivity index (χ0) is 23.2. The van der Waals surface area contributed by atoms with Gasteiger partial charge in [0.1, 0.15) is 11.6 Å². The van der Waals surface area contributed by atoms with E-state index in [1.54, 1.807) is 30.3 Å². The SMILES string of the molecule is Cc1ccc(C(N)=O)c(OCC(=O)N(Cc2ccc(F)cc2)C23CC4CC(CC(C4)C2)C3)c1.